The molecule has 0 spiro atoms. The van der Waals surface area contributed by atoms with Gasteiger partial charge in [-0.2, -0.15) is 4.98 Å². The molecule has 1 fully saturated rings. The summed E-state index contributed by atoms with van der Waals surface area (Å²) < 4.78 is 18.4. The van der Waals surface area contributed by atoms with Crippen molar-refractivity contribution in [1.82, 2.24) is 25.3 Å². The van der Waals surface area contributed by atoms with Gasteiger partial charge in [-0.3, -0.25) is 4.90 Å². The van der Waals surface area contributed by atoms with Crippen LogP contribution in [0.4, 0.5) is 4.39 Å². The normalized spacial score (nSPS) is 17.8. The van der Waals surface area contributed by atoms with Crippen molar-refractivity contribution in [2.24, 2.45) is 0 Å². The molecule has 1 N–H and O–H groups in total. The van der Waals surface area contributed by atoms with Crippen molar-refractivity contribution in [2.45, 2.75) is 12.5 Å². The van der Waals surface area contributed by atoms with Gasteiger partial charge in [-0.05, 0) is 24.7 Å². The highest BCUT2D eigenvalue weighted by Crippen LogP contribution is 2.28. The molecule has 1 saturated heterocycles. The summed E-state index contributed by atoms with van der Waals surface area (Å²) in [5.74, 6) is 0.958. The van der Waals surface area contributed by atoms with Crippen LogP contribution in [0.1, 0.15) is 22.4 Å². The molecule has 1 atom stereocenters. The van der Waals surface area contributed by atoms with Crippen LogP contribution < -0.4 is 5.32 Å². The second kappa shape index (κ2) is 8.22. The quantitative estimate of drug-likeness (QED) is 0.732. The molecule has 4 rings (SSSR count). The molecule has 1 aliphatic heterocycles. The molecule has 26 heavy (non-hydrogen) atoms. The maximum absolute atomic E-state index is 13.0. The van der Waals surface area contributed by atoms with Crippen molar-refractivity contribution in [3.05, 3.63) is 52.7 Å². The van der Waals surface area contributed by atoms with E-state index in [1.807, 2.05) is 0 Å². The Morgan fingerprint density at radius 2 is 2.15 bits per heavy atom. The summed E-state index contributed by atoms with van der Waals surface area (Å²) in [5, 5.41) is 8.42. The first-order chi connectivity index (χ1) is 12.2. The molecule has 138 valence electrons. The second-order valence-corrected chi connectivity index (χ2v) is 7.19. The highest BCUT2D eigenvalue weighted by atomic mass is 35.5. The molecule has 0 aliphatic carbocycles. The van der Waals surface area contributed by atoms with E-state index in [-0.39, 0.29) is 24.3 Å². The van der Waals surface area contributed by atoms with Crippen LogP contribution in [-0.2, 0) is 6.42 Å². The van der Waals surface area contributed by atoms with Gasteiger partial charge < -0.3 is 9.84 Å². The minimum Gasteiger partial charge on any atom is -0.333 e. The van der Waals surface area contributed by atoms with Crippen molar-refractivity contribution in [2.75, 3.05) is 26.7 Å². The maximum atomic E-state index is 13.0. The largest absolute Gasteiger partial charge is 0.333 e. The topological polar surface area (TPSA) is 67.1 Å². The first kappa shape index (κ1) is 18.9. The van der Waals surface area contributed by atoms with Gasteiger partial charge in [0, 0.05) is 26.1 Å². The summed E-state index contributed by atoms with van der Waals surface area (Å²) in [6.45, 7) is 2.74. The van der Waals surface area contributed by atoms with Crippen LogP contribution in [0.5, 0.6) is 0 Å². The van der Waals surface area contributed by atoms with E-state index in [2.05, 4.69) is 32.4 Å². The third kappa shape index (κ3) is 4.09. The van der Waals surface area contributed by atoms with Crippen molar-refractivity contribution >= 4 is 23.7 Å². The molecule has 0 amide bonds. The van der Waals surface area contributed by atoms with Crippen molar-refractivity contribution in [1.29, 1.82) is 0 Å². The van der Waals surface area contributed by atoms with Crippen LogP contribution in [-0.4, -0.2) is 46.7 Å². The summed E-state index contributed by atoms with van der Waals surface area (Å²) in [4.78, 5) is 12.0. The Morgan fingerprint density at radius 1 is 1.35 bits per heavy atom. The van der Waals surface area contributed by atoms with E-state index in [4.69, 9.17) is 4.52 Å². The van der Waals surface area contributed by atoms with E-state index in [0.717, 1.165) is 35.1 Å². The molecule has 9 heteroatoms. The predicted octanol–water partition coefficient (Wildman–Crippen LogP) is 2.92. The number of thiazole rings is 1. The Hall–Kier alpha value is -1.87. The van der Waals surface area contributed by atoms with E-state index in [1.165, 1.54) is 23.5 Å². The number of rotatable bonds is 4. The number of nitrogens with zero attached hydrogens (tertiary/aromatic N) is 4. The molecule has 3 heterocycles. The third-order valence-corrected chi connectivity index (χ3v) is 5.27. The number of nitrogens with one attached hydrogen (secondary N) is 1. The van der Waals surface area contributed by atoms with Crippen LogP contribution in [0.2, 0.25) is 0 Å². The zero-order chi connectivity index (χ0) is 17.2. The Labute approximate surface area is 160 Å². The van der Waals surface area contributed by atoms with E-state index < -0.39 is 0 Å². The summed E-state index contributed by atoms with van der Waals surface area (Å²) in [6, 6.07) is 6.59. The van der Waals surface area contributed by atoms with Crippen molar-refractivity contribution in [3.8, 4) is 10.8 Å². The molecule has 3 aromatic rings. The third-order valence-electron chi connectivity index (χ3n) is 4.28. The van der Waals surface area contributed by atoms with Crippen LogP contribution in [0.25, 0.3) is 10.8 Å². The van der Waals surface area contributed by atoms with E-state index in [1.54, 1.807) is 18.3 Å². The number of hydrogen-bond acceptors (Lipinski definition) is 7. The fourth-order valence-corrected chi connectivity index (χ4v) is 3.71. The van der Waals surface area contributed by atoms with Crippen LogP contribution >= 0.6 is 23.7 Å². The second-order valence-electron chi connectivity index (χ2n) is 6.08. The average molecular weight is 396 g/mol. The molecular weight excluding hydrogens is 377 g/mol. The average Bonchev–Trinajstić information content (AvgIpc) is 3.27. The molecule has 1 aliphatic rings. The van der Waals surface area contributed by atoms with Gasteiger partial charge in [0.05, 0.1) is 17.2 Å². The molecule has 1 unspecified atom stereocenters. The zero-order valence-corrected chi connectivity index (χ0v) is 15.8. The van der Waals surface area contributed by atoms with Gasteiger partial charge >= 0.3 is 0 Å². The van der Waals surface area contributed by atoms with Crippen LogP contribution in [0.3, 0.4) is 0 Å². The SMILES string of the molecule is CN1CCNCC1c1noc(-c2cnc(Cc3ccc(F)cc3)s2)n1.Cl. The predicted molar refractivity (Wildman–Crippen MR) is 100 cm³/mol. The number of benzene rings is 1. The molecule has 2 aromatic heterocycles. The highest BCUT2D eigenvalue weighted by molar-refractivity contribution is 7.15. The number of hydrogen-bond donors (Lipinski definition) is 1. The lowest BCUT2D eigenvalue weighted by Crippen LogP contribution is -2.44. The van der Waals surface area contributed by atoms with Gasteiger partial charge in [0.1, 0.15) is 10.7 Å². The standard InChI is InChI=1S/C17H18FN5OS.ClH/c1-23-7-6-19-9-13(23)16-21-17(24-22-16)14-10-20-15(25-14)8-11-2-4-12(18)5-3-11;/h2-5,10,13,19H,6-9H2,1H3;1H. The molecule has 1 aromatic carbocycles. The van der Waals surface area contributed by atoms with Crippen LogP contribution in [0.15, 0.2) is 35.0 Å². The number of likely N-dealkylation sites (N-methyl/N-ethyl adjacent to an activating group) is 1. The summed E-state index contributed by atoms with van der Waals surface area (Å²) in [7, 11) is 2.06. The highest BCUT2D eigenvalue weighted by Gasteiger charge is 2.25. The minimum atomic E-state index is -0.232. The Morgan fingerprint density at radius 3 is 2.92 bits per heavy atom. The van der Waals surface area contributed by atoms with Gasteiger partial charge in [-0.1, -0.05) is 17.3 Å². The van der Waals surface area contributed by atoms with Crippen LogP contribution in [0, 0.1) is 5.82 Å². The first-order valence-corrected chi connectivity index (χ1v) is 8.95. The number of piperazine rings is 1. The molecule has 6 nitrogen and oxygen atoms in total. The van der Waals surface area contributed by atoms with E-state index >= 15 is 0 Å². The Balaban J connectivity index is 0.00000196. The van der Waals surface area contributed by atoms with Gasteiger partial charge in [-0.15, -0.1) is 23.7 Å². The molecule has 0 radical (unpaired) electrons. The molecule has 0 saturated carbocycles. The van der Waals surface area contributed by atoms with E-state index in [9.17, 15) is 4.39 Å². The lowest BCUT2D eigenvalue weighted by molar-refractivity contribution is 0.190. The summed E-state index contributed by atoms with van der Waals surface area (Å²) in [5.41, 5.74) is 1.02. The van der Waals surface area contributed by atoms with E-state index in [0.29, 0.717) is 18.1 Å². The van der Waals surface area contributed by atoms with Crippen molar-refractivity contribution in [3.63, 3.8) is 0 Å². The lowest BCUT2D eigenvalue weighted by atomic mass is 10.2. The Bertz CT molecular complexity index is 853. The van der Waals surface area contributed by atoms with Gasteiger partial charge in [0.25, 0.3) is 5.89 Å². The number of aromatic nitrogens is 3. The lowest BCUT2D eigenvalue weighted by Gasteiger charge is -2.30. The fraction of sp³-hybridized carbons (Fsp3) is 0.353. The smallest absolute Gasteiger partial charge is 0.269 e. The summed E-state index contributed by atoms with van der Waals surface area (Å²) in [6.07, 6.45) is 2.41. The number of halogens is 2. The monoisotopic (exact) mass is 395 g/mol. The maximum Gasteiger partial charge on any atom is 0.269 e. The van der Waals surface area contributed by atoms with Gasteiger partial charge in [0.15, 0.2) is 5.82 Å². The van der Waals surface area contributed by atoms with Gasteiger partial charge in [0.2, 0.25) is 0 Å². The zero-order valence-electron chi connectivity index (χ0n) is 14.2. The molecular formula is C17H19ClFN5OS. The van der Waals surface area contributed by atoms with Crippen molar-refractivity contribution < 1.29 is 8.91 Å². The minimum absolute atomic E-state index is 0. The first-order valence-electron chi connectivity index (χ1n) is 8.13. The Kier molecular flexibility index (Phi) is 5.98. The summed E-state index contributed by atoms with van der Waals surface area (Å²) >= 11 is 1.52. The van der Waals surface area contributed by atoms with Gasteiger partial charge in [-0.25, -0.2) is 9.37 Å². The fourth-order valence-electron chi connectivity index (χ4n) is 2.83. The molecule has 0 bridgehead atoms.